The fraction of sp³-hybridized carbons (Fsp3) is 0.391. The standard InChI is InChI=1S/C23H27NO4/c25-21(28-17-19-11-5-2-6-12-19)20(14-13-18-9-3-1-4-10-18)24-23(22(26)27)15-7-8-16-23/h1-6,9-12,20,24H,7-8,13-17H2,(H,26,27)/t20-/m0/s1. The summed E-state index contributed by atoms with van der Waals surface area (Å²) in [6.45, 7) is 0.184. The van der Waals surface area contributed by atoms with E-state index in [0.29, 0.717) is 25.7 Å². The van der Waals surface area contributed by atoms with Crippen LogP contribution in [0.2, 0.25) is 0 Å². The van der Waals surface area contributed by atoms with E-state index in [4.69, 9.17) is 4.74 Å². The van der Waals surface area contributed by atoms with E-state index < -0.39 is 23.5 Å². The van der Waals surface area contributed by atoms with E-state index in [1.54, 1.807) is 0 Å². The molecule has 5 heteroatoms. The summed E-state index contributed by atoms with van der Waals surface area (Å²) in [6.07, 6.45) is 3.95. The molecular formula is C23H27NO4. The number of carboxylic acids is 1. The van der Waals surface area contributed by atoms with Gasteiger partial charge in [0.25, 0.3) is 0 Å². The van der Waals surface area contributed by atoms with Crippen LogP contribution >= 0.6 is 0 Å². The van der Waals surface area contributed by atoms with Crippen molar-refractivity contribution in [2.24, 2.45) is 0 Å². The minimum absolute atomic E-state index is 0.184. The number of benzene rings is 2. The first-order valence-corrected chi connectivity index (χ1v) is 9.85. The molecule has 0 aromatic heterocycles. The molecular weight excluding hydrogens is 354 g/mol. The Kier molecular flexibility index (Phi) is 6.82. The van der Waals surface area contributed by atoms with E-state index in [1.165, 1.54) is 0 Å². The highest BCUT2D eigenvalue weighted by molar-refractivity contribution is 5.82. The van der Waals surface area contributed by atoms with Crippen LogP contribution < -0.4 is 5.32 Å². The van der Waals surface area contributed by atoms with Gasteiger partial charge < -0.3 is 9.84 Å². The molecule has 2 aromatic carbocycles. The SMILES string of the molecule is O=C(OCc1ccccc1)[C@H](CCc1ccccc1)NC1(C(=O)O)CCCC1. The molecule has 0 unspecified atom stereocenters. The molecule has 1 fully saturated rings. The van der Waals surface area contributed by atoms with E-state index in [9.17, 15) is 14.7 Å². The Balaban J connectivity index is 1.69. The highest BCUT2D eigenvalue weighted by Crippen LogP contribution is 2.31. The molecule has 1 aliphatic rings. The summed E-state index contributed by atoms with van der Waals surface area (Å²) in [7, 11) is 0. The van der Waals surface area contributed by atoms with Crippen LogP contribution in [-0.2, 0) is 27.4 Å². The van der Waals surface area contributed by atoms with Gasteiger partial charge in [-0.25, -0.2) is 0 Å². The maximum atomic E-state index is 12.8. The van der Waals surface area contributed by atoms with Crippen molar-refractivity contribution in [3.05, 3.63) is 71.8 Å². The van der Waals surface area contributed by atoms with Gasteiger partial charge in [0.05, 0.1) is 0 Å². The second-order valence-corrected chi connectivity index (χ2v) is 7.41. The molecule has 0 aliphatic heterocycles. The number of rotatable bonds is 9. The third kappa shape index (κ3) is 5.20. The quantitative estimate of drug-likeness (QED) is 0.648. The van der Waals surface area contributed by atoms with Gasteiger partial charge in [-0.05, 0) is 36.8 Å². The predicted molar refractivity (Wildman–Crippen MR) is 107 cm³/mol. The number of hydrogen-bond donors (Lipinski definition) is 2. The zero-order valence-corrected chi connectivity index (χ0v) is 16.0. The minimum Gasteiger partial charge on any atom is -0.480 e. The van der Waals surface area contributed by atoms with Crippen LogP contribution in [0.5, 0.6) is 0 Å². The second-order valence-electron chi connectivity index (χ2n) is 7.41. The summed E-state index contributed by atoms with van der Waals surface area (Å²) in [4.78, 5) is 24.7. The van der Waals surface area contributed by atoms with Gasteiger partial charge in [-0.15, -0.1) is 0 Å². The lowest BCUT2D eigenvalue weighted by molar-refractivity contribution is -0.151. The molecule has 2 aromatic rings. The Labute approximate surface area is 165 Å². The van der Waals surface area contributed by atoms with Crippen LogP contribution in [0.15, 0.2) is 60.7 Å². The lowest BCUT2D eigenvalue weighted by Crippen LogP contribution is -2.56. The number of hydrogen-bond acceptors (Lipinski definition) is 4. The van der Waals surface area contributed by atoms with E-state index in [-0.39, 0.29) is 6.61 Å². The molecule has 28 heavy (non-hydrogen) atoms. The number of carboxylic acid groups (broad SMARTS) is 1. The number of esters is 1. The fourth-order valence-corrected chi connectivity index (χ4v) is 3.77. The Morgan fingerprint density at radius 1 is 0.964 bits per heavy atom. The lowest BCUT2D eigenvalue weighted by Gasteiger charge is -2.30. The average molecular weight is 381 g/mol. The third-order valence-electron chi connectivity index (χ3n) is 5.39. The van der Waals surface area contributed by atoms with Gasteiger partial charge in [-0.2, -0.15) is 0 Å². The van der Waals surface area contributed by atoms with Gasteiger partial charge in [0.15, 0.2) is 0 Å². The van der Waals surface area contributed by atoms with E-state index in [1.807, 2.05) is 60.7 Å². The maximum Gasteiger partial charge on any atom is 0.323 e. The van der Waals surface area contributed by atoms with Crippen molar-refractivity contribution >= 4 is 11.9 Å². The van der Waals surface area contributed by atoms with Crippen molar-refractivity contribution in [1.82, 2.24) is 5.32 Å². The smallest absolute Gasteiger partial charge is 0.323 e. The first-order valence-electron chi connectivity index (χ1n) is 9.85. The van der Waals surface area contributed by atoms with Crippen LogP contribution in [0.3, 0.4) is 0 Å². The number of aliphatic carboxylic acids is 1. The predicted octanol–water partition coefficient (Wildman–Crippen LogP) is 3.72. The molecule has 0 radical (unpaired) electrons. The van der Waals surface area contributed by atoms with E-state index >= 15 is 0 Å². The molecule has 148 valence electrons. The molecule has 0 bridgehead atoms. The third-order valence-corrected chi connectivity index (χ3v) is 5.39. The molecule has 1 aliphatic carbocycles. The summed E-state index contributed by atoms with van der Waals surface area (Å²) in [6, 6.07) is 18.7. The summed E-state index contributed by atoms with van der Waals surface area (Å²) >= 11 is 0. The topological polar surface area (TPSA) is 75.6 Å². The van der Waals surface area contributed by atoms with Crippen LogP contribution in [0.4, 0.5) is 0 Å². The van der Waals surface area contributed by atoms with Crippen molar-refractivity contribution in [2.45, 2.75) is 56.7 Å². The second kappa shape index (κ2) is 9.51. The lowest BCUT2D eigenvalue weighted by atomic mass is 9.94. The van der Waals surface area contributed by atoms with Crippen molar-refractivity contribution in [3.63, 3.8) is 0 Å². The Morgan fingerprint density at radius 2 is 1.54 bits per heavy atom. The molecule has 5 nitrogen and oxygen atoms in total. The van der Waals surface area contributed by atoms with E-state index in [0.717, 1.165) is 24.0 Å². The van der Waals surface area contributed by atoms with Gasteiger partial charge in [-0.1, -0.05) is 73.5 Å². The van der Waals surface area contributed by atoms with Crippen molar-refractivity contribution < 1.29 is 19.4 Å². The van der Waals surface area contributed by atoms with Crippen molar-refractivity contribution in [1.29, 1.82) is 0 Å². The normalized spacial score (nSPS) is 16.4. The Hall–Kier alpha value is -2.66. The van der Waals surface area contributed by atoms with Crippen molar-refractivity contribution in [3.8, 4) is 0 Å². The fourth-order valence-electron chi connectivity index (χ4n) is 3.77. The minimum atomic E-state index is -1.03. The van der Waals surface area contributed by atoms with Crippen molar-refractivity contribution in [2.75, 3.05) is 0 Å². The summed E-state index contributed by atoms with van der Waals surface area (Å²) in [5.74, 6) is -1.28. The van der Waals surface area contributed by atoms with Crippen LogP contribution in [0.1, 0.15) is 43.2 Å². The Morgan fingerprint density at radius 3 is 2.11 bits per heavy atom. The van der Waals surface area contributed by atoms with E-state index in [2.05, 4.69) is 5.32 Å². The first kappa shape index (κ1) is 20.1. The number of carbonyl (C=O) groups is 2. The highest BCUT2D eigenvalue weighted by atomic mass is 16.5. The highest BCUT2D eigenvalue weighted by Gasteiger charge is 2.44. The van der Waals surface area contributed by atoms with Crippen LogP contribution in [0.25, 0.3) is 0 Å². The van der Waals surface area contributed by atoms with Gasteiger partial charge in [-0.3, -0.25) is 14.9 Å². The molecule has 2 N–H and O–H groups in total. The molecule has 0 heterocycles. The van der Waals surface area contributed by atoms with Gasteiger partial charge in [0.1, 0.15) is 18.2 Å². The van der Waals surface area contributed by atoms with Crippen LogP contribution in [0, 0.1) is 0 Å². The van der Waals surface area contributed by atoms with Crippen LogP contribution in [-0.4, -0.2) is 28.6 Å². The summed E-state index contributed by atoms with van der Waals surface area (Å²) in [5.41, 5.74) is 0.986. The largest absolute Gasteiger partial charge is 0.480 e. The molecule has 1 saturated carbocycles. The first-order chi connectivity index (χ1) is 13.6. The molecule has 0 saturated heterocycles. The molecule has 1 atom stereocenters. The number of nitrogens with one attached hydrogen (secondary N) is 1. The average Bonchev–Trinajstić information content (AvgIpc) is 3.21. The number of aryl methyl sites for hydroxylation is 1. The van der Waals surface area contributed by atoms with Gasteiger partial charge in [0, 0.05) is 0 Å². The van der Waals surface area contributed by atoms with Gasteiger partial charge in [0.2, 0.25) is 0 Å². The summed E-state index contributed by atoms with van der Waals surface area (Å²) in [5, 5.41) is 12.9. The number of carbonyl (C=O) groups excluding carboxylic acids is 1. The molecule has 0 amide bonds. The van der Waals surface area contributed by atoms with Gasteiger partial charge >= 0.3 is 11.9 Å². The number of ether oxygens (including phenoxy) is 1. The zero-order chi connectivity index (χ0) is 19.8. The molecule has 3 rings (SSSR count). The Bertz CT molecular complexity index is 770. The summed E-state index contributed by atoms with van der Waals surface area (Å²) < 4.78 is 5.52. The monoisotopic (exact) mass is 381 g/mol. The maximum absolute atomic E-state index is 12.8. The zero-order valence-electron chi connectivity index (χ0n) is 16.0. The molecule has 0 spiro atoms.